The van der Waals surface area contributed by atoms with E-state index in [2.05, 4.69) is 0 Å². The third kappa shape index (κ3) is 3.79. The molecule has 1 aliphatic heterocycles. The number of likely N-dealkylation sites (tertiary alicyclic amines) is 1. The van der Waals surface area contributed by atoms with Crippen LogP contribution < -0.4 is 0 Å². The molecule has 1 atom stereocenters. The molecule has 1 aromatic heterocycles. The van der Waals surface area contributed by atoms with Gasteiger partial charge in [0, 0.05) is 29.6 Å². The van der Waals surface area contributed by atoms with Crippen LogP contribution in [0.15, 0.2) is 59.2 Å². The summed E-state index contributed by atoms with van der Waals surface area (Å²) in [5, 5.41) is 0.893. The lowest BCUT2D eigenvalue weighted by Crippen LogP contribution is -2.35. The van der Waals surface area contributed by atoms with Crippen molar-refractivity contribution >= 4 is 22.8 Å². The van der Waals surface area contributed by atoms with Gasteiger partial charge in [-0.25, -0.2) is 0 Å². The maximum atomic E-state index is 13.0. The van der Waals surface area contributed by atoms with Crippen LogP contribution in [0, 0.1) is 6.92 Å². The molecule has 4 rings (SSSR count). The summed E-state index contributed by atoms with van der Waals surface area (Å²) in [6.45, 7) is 3.42. The molecule has 0 unspecified atom stereocenters. The van der Waals surface area contributed by atoms with Crippen molar-refractivity contribution in [3.63, 3.8) is 0 Å². The SMILES string of the molecule is Cc1ccc2c(CC(=O)O[C@@H](C(=O)N3CCCC3)c3ccccc3)coc2c1. The summed E-state index contributed by atoms with van der Waals surface area (Å²) in [6, 6.07) is 15.1. The second-order valence-corrected chi connectivity index (χ2v) is 7.25. The number of amides is 1. The third-order valence-electron chi connectivity index (χ3n) is 5.14. The van der Waals surface area contributed by atoms with Crippen molar-refractivity contribution in [2.75, 3.05) is 13.1 Å². The van der Waals surface area contributed by atoms with Crippen LogP contribution in [0.1, 0.15) is 35.6 Å². The molecule has 2 aromatic carbocycles. The van der Waals surface area contributed by atoms with E-state index in [1.54, 1.807) is 11.2 Å². The molecule has 0 aliphatic carbocycles. The number of esters is 1. The molecule has 0 radical (unpaired) electrons. The zero-order valence-electron chi connectivity index (χ0n) is 15.9. The molecule has 3 aromatic rings. The fourth-order valence-electron chi connectivity index (χ4n) is 3.65. The average Bonchev–Trinajstić information content (AvgIpc) is 3.37. The first-order valence-electron chi connectivity index (χ1n) is 9.62. The summed E-state index contributed by atoms with van der Waals surface area (Å²) in [7, 11) is 0. The first-order chi connectivity index (χ1) is 13.6. The topological polar surface area (TPSA) is 59.8 Å². The van der Waals surface area contributed by atoms with Gasteiger partial charge in [0.25, 0.3) is 5.91 Å². The number of hydrogen-bond donors (Lipinski definition) is 0. The lowest BCUT2D eigenvalue weighted by molar-refractivity contribution is -0.160. The number of ether oxygens (including phenoxy) is 1. The van der Waals surface area contributed by atoms with Gasteiger partial charge in [0.1, 0.15) is 5.58 Å². The van der Waals surface area contributed by atoms with Crippen molar-refractivity contribution in [2.45, 2.75) is 32.3 Å². The number of furan rings is 1. The number of hydrogen-bond acceptors (Lipinski definition) is 4. The Hall–Kier alpha value is -3.08. The van der Waals surface area contributed by atoms with E-state index >= 15 is 0 Å². The van der Waals surface area contributed by atoms with Crippen LogP contribution in [0.5, 0.6) is 0 Å². The Morgan fingerprint density at radius 2 is 1.86 bits per heavy atom. The molecule has 144 valence electrons. The minimum atomic E-state index is -0.910. The van der Waals surface area contributed by atoms with Crippen molar-refractivity contribution < 1.29 is 18.7 Å². The normalized spacial score (nSPS) is 15.0. The van der Waals surface area contributed by atoms with E-state index in [-0.39, 0.29) is 12.3 Å². The third-order valence-corrected chi connectivity index (χ3v) is 5.14. The molecule has 5 heteroatoms. The van der Waals surface area contributed by atoms with Gasteiger partial charge in [-0.05, 0) is 31.4 Å². The van der Waals surface area contributed by atoms with E-state index in [0.717, 1.165) is 34.9 Å². The largest absolute Gasteiger partial charge is 0.464 e. The molecule has 28 heavy (non-hydrogen) atoms. The summed E-state index contributed by atoms with van der Waals surface area (Å²) in [6.07, 6.45) is 2.72. The van der Waals surface area contributed by atoms with Crippen molar-refractivity contribution in [1.29, 1.82) is 0 Å². The quantitative estimate of drug-likeness (QED) is 0.626. The maximum absolute atomic E-state index is 13.0. The number of rotatable bonds is 5. The first kappa shape index (κ1) is 18.3. The highest BCUT2D eigenvalue weighted by Gasteiger charge is 2.31. The fraction of sp³-hybridized carbons (Fsp3) is 0.304. The highest BCUT2D eigenvalue weighted by atomic mass is 16.5. The number of carbonyl (C=O) groups is 2. The Morgan fingerprint density at radius 1 is 1.11 bits per heavy atom. The molecule has 0 N–H and O–H groups in total. The van der Waals surface area contributed by atoms with E-state index in [4.69, 9.17) is 9.15 Å². The van der Waals surface area contributed by atoms with E-state index in [1.807, 2.05) is 55.5 Å². The van der Waals surface area contributed by atoms with E-state index in [0.29, 0.717) is 18.7 Å². The monoisotopic (exact) mass is 377 g/mol. The van der Waals surface area contributed by atoms with Crippen molar-refractivity contribution in [1.82, 2.24) is 4.90 Å². The van der Waals surface area contributed by atoms with Gasteiger partial charge in [0.15, 0.2) is 0 Å². The molecule has 0 saturated carbocycles. The highest BCUT2D eigenvalue weighted by molar-refractivity contribution is 5.88. The van der Waals surface area contributed by atoms with Crippen molar-refractivity contribution in [3.05, 3.63) is 71.5 Å². The maximum Gasteiger partial charge on any atom is 0.311 e. The van der Waals surface area contributed by atoms with Gasteiger partial charge < -0.3 is 14.1 Å². The minimum Gasteiger partial charge on any atom is -0.464 e. The molecular formula is C23H23NO4. The number of carbonyl (C=O) groups excluding carboxylic acids is 2. The summed E-state index contributed by atoms with van der Waals surface area (Å²) < 4.78 is 11.3. The second-order valence-electron chi connectivity index (χ2n) is 7.25. The second kappa shape index (κ2) is 7.89. The van der Waals surface area contributed by atoms with Crippen LogP contribution in [0.4, 0.5) is 0 Å². The number of aryl methyl sites for hydroxylation is 1. The van der Waals surface area contributed by atoms with Crippen LogP contribution in [0.2, 0.25) is 0 Å². The van der Waals surface area contributed by atoms with Gasteiger partial charge in [-0.1, -0.05) is 42.5 Å². The molecule has 1 amide bonds. The predicted octanol–water partition coefficient (Wildman–Crippen LogP) is 4.19. The summed E-state index contributed by atoms with van der Waals surface area (Å²) in [5.74, 6) is -0.589. The summed E-state index contributed by atoms with van der Waals surface area (Å²) in [4.78, 5) is 27.4. The molecule has 1 aliphatic rings. The predicted molar refractivity (Wildman–Crippen MR) is 106 cm³/mol. The molecule has 2 heterocycles. The van der Waals surface area contributed by atoms with Crippen molar-refractivity contribution in [3.8, 4) is 0 Å². The molecule has 0 bridgehead atoms. The number of nitrogens with zero attached hydrogens (tertiary/aromatic N) is 1. The van der Waals surface area contributed by atoms with Crippen LogP contribution in [-0.4, -0.2) is 29.9 Å². The van der Waals surface area contributed by atoms with Gasteiger partial charge in [0.05, 0.1) is 12.7 Å². The first-order valence-corrected chi connectivity index (χ1v) is 9.62. The molecule has 5 nitrogen and oxygen atoms in total. The van der Waals surface area contributed by atoms with Gasteiger partial charge in [-0.15, -0.1) is 0 Å². The van der Waals surface area contributed by atoms with Crippen LogP contribution in [0.3, 0.4) is 0 Å². The molecular weight excluding hydrogens is 354 g/mol. The number of benzene rings is 2. The Morgan fingerprint density at radius 3 is 2.61 bits per heavy atom. The smallest absolute Gasteiger partial charge is 0.311 e. The van der Waals surface area contributed by atoms with E-state index in [9.17, 15) is 9.59 Å². The molecule has 0 spiro atoms. The Kier molecular flexibility index (Phi) is 5.15. The van der Waals surface area contributed by atoms with Gasteiger partial charge in [-0.3, -0.25) is 9.59 Å². The minimum absolute atomic E-state index is 0.0622. The number of fused-ring (bicyclic) bond motifs is 1. The average molecular weight is 377 g/mol. The molecule has 1 fully saturated rings. The van der Waals surface area contributed by atoms with Crippen molar-refractivity contribution in [2.24, 2.45) is 0 Å². The van der Waals surface area contributed by atoms with E-state index < -0.39 is 12.1 Å². The van der Waals surface area contributed by atoms with Gasteiger partial charge in [0.2, 0.25) is 6.10 Å². The Labute approximate surface area is 163 Å². The van der Waals surface area contributed by atoms with Gasteiger partial charge >= 0.3 is 5.97 Å². The lowest BCUT2D eigenvalue weighted by Gasteiger charge is -2.23. The Bertz CT molecular complexity index is 986. The summed E-state index contributed by atoms with van der Waals surface area (Å²) >= 11 is 0. The summed E-state index contributed by atoms with van der Waals surface area (Å²) in [5.41, 5.74) is 3.30. The molecule has 1 saturated heterocycles. The highest BCUT2D eigenvalue weighted by Crippen LogP contribution is 2.26. The zero-order chi connectivity index (χ0) is 19.5. The van der Waals surface area contributed by atoms with E-state index in [1.165, 1.54) is 0 Å². The van der Waals surface area contributed by atoms with Crippen LogP contribution in [-0.2, 0) is 20.7 Å². The zero-order valence-corrected chi connectivity index (χ0v) is 15.9. The Balaban J connectivity index is 1.53. The standard InChI is InChI=1S/C23H23NO4/c1-16-9-10-19-18(15-27-20(19)13-16)14-21(25)28-22(17-7-3-2-4-8-17)23(26)24-11-5-6-12-24/h2-4,7-10,13,15,22H,5-6,11-12,14H2,1H3/t22-/m1/s1. The van der Waals surface area contributed by atoms with Crippen LogP contribution in [0.25, 0.3) is 11.0 Å². The fourth-order valence-corrected chi connectivity index (χ4v) is 3.65. The van der Waals surface area contributed by atoms with Gasteiger partial charge in [-0.2, -0.15) is 0 Å². The van der Waals surface area contributed by atoms with Crippen LogP contribution >= 0.6 is 0 Å². The lowest BCUT2D eigenvalue weighted by atomic mass is 10.1.